The predicted molar refractivity (Wildman–Crippen MR) is 66.1 cm³/mol. The Kier molecular flexibility index (Phi) is 4.69. The molecule has 0 N–H and O–H groups in total. The first-order valence-corrected chi connectivity index (χ1v) is 5.16. The summed E-state index contributed by atoms with van der Waals surface area (Å²) in [4.78, 5) is 0. The van der Waals surface area contributed by atoms with Crippen molar-refractivity contribution in [2.45, 2.75) is 20.3 Å². The van der Waals surface area contributed by atoms with Crippen LogP contribution in [0, 0.1) is 0 Å². The van der Waals surface area contributed by atoms with E-state index in [4.69, 9.17) is 4.74 Å². The molecule has 1 rings (SSSR count). The molecule has 0 saturated heterocycles. The second-order valence-corrected chi connectivity index (χ2v) is 3.69. The van der Waals surface area contributed by atoms with Crippen LogP contribution >= 0.6 is 0 Å². The fourth-order valence-corrected chi connectivity index (χ4v) is 1.22. The first kappa shape index (κ1) is 11.6. The van der Waals surface area contributed by atoms with Gasteiger partial charge in [0.2, 0.25) is 0 Å². The Morgan fingerprint density at radius 2 is 1.87 bits per heavy atom. The fourth-order valence-electron chi connectivity index (χ4n) is 1.22. The van der Waals surface area contributed by atoms with Crippen molar-refractivity contribution >= 4 is 6.08 Å². The average molecular weight is 202 g/mol. The molecule has 0 aliphatic carbocycles. The molecule has 0 amide bonds. The van der Waals surface area contributed by atoms with Crippen LogP contribution in [-0.2, 0) is 0 Å². The van der Waals surface area contributed by atoms with Gasteiger partial charge in [0.1, 0.15) is 5.75 Å². The second-order valence-electron chi connectivity index (χ2n) is 3.69. The van der Waals surface area contributed by atoms with Gasteiger partial charge in [-0.25, -0.2) is 0 Å². The monoisotopic (exact) mass is 202 g/mol. The summed E-state index contributed by atoms with van der Waals surface area (Å²) in [7, 11) is 1.68. The van der Waals surface area contributed by atoms with Crippen LogP contribution in [0.4, 0.5) is 0 Å². The smallest absolute Gasteiger partial charge is 0.118 e. The number of hydrogen-bond donors (Lipinski definition) is 0. The maximum absolute atomic E-state index is 5.09. The van der Waals surface area contributed by atoms with E-state index in [0.29, 0.717) is 0 Å². The summed E-state index contributed by atoms with van der Waals surface area (Å²) in [5, 5.41) is 0. The second kappa shape index (κ2) is 6.07. The Balaban J connectivity index is 2.53. The largest absolute Gasteiger partial charge is 0.497 e. The van der Waals surface area contributed by atoms with Gasteiger partial charge in [0.05, 0.1) is 7.11 Å². The van der Waals surface area contributed by atoms with E-state index >= 15 is 0 Å². The number of benzene rings is 1. The van der Waals surface area contributed by atoms with Gasteiger partial charge >= 0.3 is 0 Å². The molecule has 0 fully saturated rings. The van der Waals surface area contributed by atoms with Gasteiger partial charge in [-0.3, -0.25) is 0 Å². The highest BCUT2D eigenvalue weighted by atomic mass is 16.5. The van der Waals surface area contributed by atoms with Gasteiger partial charge < -0.3 is 4.74 Å². The highest BCUT2D eigenvalue weighted by Gasteiger charge is 1.88. The minimum Gasteiger partial charge on any atom is -0.497 e. The topological polar surface area (TPSA) is 9.23 Å². The molecule has 0 heterocycles. The first-order valence-electron chi connectivity index (χ1n) is 5.16. The molecule has 1 heteroatoms. The van der Waals surface area contributed by atoms with Crippen molar-refractivity contribution < 1.29 is 4.74 Å². The Hall–Kier alpha value is -1.50. The SMILES string of the molecule is COc1ccc(/C=C/CC=C(C)C)cc1. The van der Waals surface area contributed by atoms with Gasteiger partial charge in [0.25, 0.3) is 0 Å². The van der Waals surface area contributed by atoms with E-state index in [1.54, 1.807) is 7.11 Å². The highest BCUT2D eigenvalue weighted by Crippen LogP contribution is 2.12. The lowest BCUT2D eigenvalue weighted by Gasteiger charge is -1.98. The van der Waals surface area contributed by atoms with Crippen molar-refractivity contribution in [2.75, 3.05) is 7.11 Å². The lowest BCUT2D eigenvalue weighted by molar-refractivity contribution is 0.415. The van der Waals surface area contributed by atoms with E-state index in [1.807, 2.05) is 12.1 Å². The van der Waals surface area contributed by atoms with E-state index < -0.39 is 0 Å². The van der Waals surface area contributed by atoms with Gasteiger partial charge in [-0.05, 0) is 38.0 Å². The number of hydrogen-bond acceptors (Lipinski definition) is 1. The van der Waals surface area contributed by atoms with Crippen LogP contribution in [0.15, 0.2) is 42.0 Å². The minimum atomic E-state index is 0.899. The summed E-state index contributed by atoms with van der Waals surface area (Å²) < 4.78 is 5.09. The predicted octanol–water partition coefficient (Wildman–Crippen LogP) is 4.06. The molecular formula is C14H18O. The Morgan fingerprint density at radius 3 is 2.40 bits per heavy atom. The summed E-state index contributed by atoms with van der Waals surface area (Å²) in [6.07, 6.45) is 7.49. The van der Waals surface area contributed by atoms with Crippen molar-refractivity contribution in [1.82, 2.24) is 0 Å². The average Bonchev–Trinajstić information content (AvgIpc) is 2.25. The van der Waals surface area contributed by atoms with Crippen molar-refractivity contribution in [1.29, 1.82) is 0 Å². The molecule has 0 bridgehead atoms. The van der Waals surface area contributed by atoms with Crippen molar-refractivity contribution in [3.8, 4) is 5.75 Å². The van der Waals surface area contributed by atoms with Crippen molar-refractivity contribution in [3.63, 3.8) is 0 Å². The number of methoxy groups -OCH3 is 1. The van der Waals surface area contributed by atoms with E-state index in [1.165, 1.54) is 11.1 Å². The van der Waals surface area contributed by atoms with Gasteiger partial charge in [-0.2, -0.15) is 0 Å². The number of ether oxygens (including phenoxy) is 1. The van der Waals surface area contributed by atoms with Crippen LogP contribution in [-0.4, -0.2) is 7.11 Å². The molecule has 0 spiro atoms. The van der Waals surface area contributed by atoms with E-state index in [0.717, 1.165) is 12.2 Å². The Morgan fingerprint density at radius 1 is 1.20 bits per heavy atom. The number of rotatable bonds is 4. The zero-order valence-electron chi connectivity index (χ0n) is 9.66. The summed E-state index contributed by atoms with van der Waals surface area (Å²) >= 11 is 0. The molecule has 0 atom stereocenters. The summed E-state index contributed by atoms with van der Waals surface area (Å²) in [6.45, 7) is 4.22. The highest BCUT2D eigenvalue weighted by molar-refractivity contribution is 5.50. The third kappa shape index (κ3) is 4.50. The third-order valence-electron chi connectivity index (χ3n) is 2.09. The summed E-state index contributed by atoms with van der Waals surface area (Å²) in [5.74, 6) is 0.899. The quantitative estimate of drug-likeness (QED) is 0.669. The van der Waals surface area contributed by atoms with Crippen LogP contribution in [0.5, 0.6) is 5.75 Å². The van der Waals surface area contributed by atoms with Crippen LogP contribution in [0.25, 0.3) is 6.08 Å². The normalized spacial score (nSPS) is 10.3. The molecule has 0 unspecified atom stereocenters. The van der Waals surface area contributed by atoms with Crippen molar-refractivity contribution in [2.24, 2.45) is 0 Å². The maximum Gasteiger partial charge on any atom is 0.118 e. The lowest BCUT2D eigenvalue weighted by atomic mass is 10.2. The van der Waals surface area contributed by atoms with Crippen LogP contribution in [0.3, 0.4) is 0 Å². The summed E-state index contributed by atoms with van der Waals surface area (Å²) in [6, 6.07) is 8.05. The maximum atomic E-state index is 5.09. The molecule has 1 aromatic carbocycles. The molecule has 1 nitrogen and oxygen atoms in total. The molecule has 0 saturated carbocycles. The Labute approximate surface area is 92.1 Å². The minimum absolute atomic E-state index is 0.899. The third-order valence-corrected chi connectivity index (χ3v) is 2.09. The van der Waals surface area contributed by atoms with E-state index in [9.17, 15) is 0 Å². The van der Waals surface area contributed by atoms with Crippen LogP contribution in [0.1, 0.15) is 25.8 Å². The molecule has 0 aliphatic rings. The molecule has 0 aromatic heterocycles. The van der Waals surface area contributed by atoms with Gasteiger partial charge in [-0.15, -0.1) is 0 Å². The zero-order valence-corrected chi connectivity index (χ0v) is 9.66. The molecule has 0 aliphatic heterocycles. The lowest BCUT2D eigenvalue weighted by Crippen LogP contribution is -1.81. The van der Waals surface area contributed by atoms with Crippen LogP contribution < -0.4 is 4.74 Å². The molecular weight excluding hydrogens is 184 g/mol. The van der Waals surface area contributed by atoms with Gasteiger partial charge in [0.15, 0.2) is 0 Å². The van der Waals surface area contributed by atoms with Crippen molar-refractivity contribution in [3.05, 3.63) is 47.6 Å². The standard InChI is InChI=1S/C14H18O/c1-12(2)6-4-5-7-13-8-10-14(15-3)11-9-13/h5-11H,4H2,1-3H3/b7-5+. The number of allylic oxidation sites excluding steroid dienone is 3. The van der Waals surface area contributed by atoms with Gasteiger partial charge in [0, 0.05) is 0 Å². The molecule has 80 valence electrons. The van der Waals surface area contributed by atoms with Crippen LogP contribution in [0.2, 0.25) is 0 Å². The molecule has 15 heavy (non-hydrogen) atoms. The van der Waals surface area contributed by atoms with Gasteiger partial charge in [-0.1, -0.05) is 35.9 Å². The van der Waals surface area contributed by atoms with E-state index in [2.05, 4.69) is 44.2 Å². The first-order chi connectivity index (χ1) is 7.22. The molecule has 1 aromatic rings. The zero-order chi connectivity index (χ0) is 11.1. The fraction of sp³-hybridized carbons (Fsp3) is 0.286. The molecule has 0 radical (unpaired) electrons. The van der Waals surface area contributed by atoms with E-state index in [-0.39, 0.29) is 0 Å². The Bertz CT molecular complexity index is 340. The summed E-state index contributed by atoms with van der Waals surface area (Å²) in [5.41, 5.74) is 2.56.